The maximum atomic E-state index is 12.1. The van der Waals surface area contributed by atoms with Gasteiger partial charge in [0, 0.05) is 11.7 Å². The molecule has 1 aromatic carbocycles. The molecule has 0 radical (unpaired) electrons. The fraction of sp³-hybridized carbons (Fsp3) is 0.500. The van der Waals surface area contributed by atoms with Crippen molar-refractivity contribution in [1.29, 1.82) is 0 Å². The molecule has 1 aliphatic heterocycles. The summed E-state index contributed by atoms with van der Waals surface area (Å²) in [6.07, 6.45) is -3.63. The highest BCUT2D eigenvalue weighted by atomic mass is 19.4. The Labute approximate surface area is 115 Å². The first-order chi connectivity index (χ1) is 9.38. The maximum absolute atomic E-state index is 12.1. The number of ether oxygens (including phenoxy) is 1. The van der Waals surface area contributed by atoms with Crippen molar-refractivity contribution in [1.82, 2.24) is 0 Å². The van der Waals surface area contributed by atoms with Gasteiger partial charge >= 0.3 is 6.18 Å². The van der Waals surface area contributed by atoms with Gasteiger partial charge in [0.25, 0.3) is 0 Å². The number of benzene rings is 1. The predicted octanol–water partition coefficient (Wildman–Crippen LogP) is 2.93. The van der Waals surface area contributed by atoms with Crippen LogP contribution in [-0.4, -0.2) is 31.3 Å². The number of hydrogen-bond donors (Lipinski definition) is 0. The van der Waals surface area contributed by atoms with Gasteiger partial charge in [-0.05, 0) is 25.0 Å². The van der Waals surface area contributed by atoms with Gasteiger partial charge < -0.3 is 9.64 Å². The van der Waals surface area contributed by atoms with Crippen LogP contribution in [0.25, 0.3) is 0 Å². The Hall–Kier alpha value is -1.56. The van der Waals surface area contributed by atoms with Gasteiger partial charge in [0.2, 0.25) is 5.91 Å². The largest absolute Gasteiger partial charge is 0.411 e. The maximum Gasteiger partial charge on any atom is 0.411 e. The molecule has 0 bridgehead atoms. The van der Waals surface area contributed by atoms with Crippen molar-refractivity contribution in [2.24, 2.45) is 0 Å². The quantitative estimate of drug-likeness (QED) is 0.797. The number of para-hydroxylation sites is 1. The Morgan fingerprint density at radius 1 is 1.40 bits per heavy atom. The number of fused-ring (bicyclic) bond motifs is 1. The highest BCUT2D eigenvalue weighted by Gasteiger charge is 2.31. The third kappa shape index (κ3) is 3.50. The third-order valence-electron chi connectivity index (χ3n) is 3.20. The second kappa shape index (κ2) is 5.83. The molecule has 1 unspecified atom stereocenters. The van der Waals surface area contributed by atoms with Crippen LogP contribution in [0.2, 0.25) is 0 Å². The van der Waals surface area contributed by atoms with Gasteiger partial charge in [-0.1, -0.05) is 18.2 Å². The lowest BCUT2D eigenvalue weighted by atomic mass is 10.1. The van der Waals surface area contributed by atoms with Crippen LogP contribution in [0.3, 0.4) is 0 Å². The summed E-state index contributed by atoms with van der Waals surface area (Å²) in [7, 11) is 0. The molecule has 1 heterocycles. The van der Waals surface area contributed by atoms with Gasteiger partial charge in [-0.15, -0.1) is 0 Å². The van der Waals surface area contributed by atoms with Gasteiger partial charge in [0.15, 0.2) is 0 Å². The number of carbonyl (C=O) groups excluding carboxylic acids is 1. The monoisotopic (exact) mass is 287 g/mol. The second-order valence-corrected chi connectivity index (χ2v) is 4.86. The zero-order chi connectivity index (χ0) is 14.8. The van der Waals surface area contributed by atoms with E-state index in [2.05, 4.69) is 4.74 Å². The highest BCUT2D eigenvalue weighted by Crippen LogP contribution is 2.32. The van der Waals surface area contributed by atoms with E-state index >= 15 is 0 Å². The number of carbonyl (C=O) groups is 1. The van der Waals surface area contributed by atoms with E-state index in [0.29, 0.717) is 0 Å². The first kappa shape index (κ1) is 14.8. The number of hydrogen-bond acceptors (Lipinski definition) is 2. The van der Waals surface area contributed by atoms with E-state index in [1.54, 1.807) is 4.90 Å². The first-order valence-electron chi connectivity index (χ1n) is 6.43. The van der Waals surface area contributed by atoms with E-state index in [1.807, 2.05) is 31.2 Å². The van der Waals surface area contributed by atoms with Crippen LogP contribution in [0.1, 0.15) is 18.9 Å². The molecular weight excluding hydrogens is 271 g/mol. The molecule has 1 amide bonds. The molecule has 0 saturated heterocycles. The van der Waals surface area contributed by atoms with E-state index < -0.39 is 12.8 Å². The zero-order valence-corrected chi connectivity index (χ0v) is 11.1. The summed E-state index contributed by atoms with van der Waals surface area (Å²) in [5.41, 5.74) is 1.94. The van der Waals surface area contributed by atoms with E-state index in [4.69, 9.17) is 0 Å². The fourth-order valence-electron chi connectivity index (χ4n) is 2.41. The van der Waals surface area contributed by atoms with Crippen LogP contribution < -0.4 is 4.90 Å². The van der Waals surface area contributed by atoms with Gasteiger partial charge in [-0.2, -0.15) is 13.2 Å². The summed E-state index contributed by atoms with van der Waals surface area (Å²) in [5, 5.41) is 0. The first-order valence-corrected chi connectivity index (χ1v) is 6.43. The number of halogens is 3. The van der Waals surface area contributed by atoms with Gasteiger partial charge in [0.1, 0.15) is 6.61 Å². The summed E-state index contributed by atoms with van der Waals surface area (Å²) in [5.74, 6) is -0.204. The van der Waals surface area contributed by atoms with E-state index in [0.717, 1.165) is 17.7 Å². The van der Waals surface area contributed by atoms with Crippen LogP contribution in [-0.2, 0) is 16.0 Å². The molecule has 3 nitrogen and oxygen atoms in total. The highest BCUT2D eigenvalue weighted by molar-refractivity contribution is 5.96. The molecule has 110 valence electrons. The number of alkyl halides is 3. The minimum absolute atomic E-state index is 0.0301. The summed E-state index contributed by atoms with van der Waals surface area (Å²) >= 11 is 0. The SMILES string of the molecule is CC1Cc2ccccc2N1C(=O)CCOCC(F)(F)F. The molecule has 0 spiro atoms. The van der Waals surface area contributed by atoms with Gasteiger partial charge in [-0.3, -0.25) is 4.79 Å². The normalized spacial score (nSPS) is 18.2. The van der Waals surface area contributed by atoms with Crippen molar-refractivity contribution in [2.45, 2.75) is 32.0 Å². The average Bonchev–Trinajstić information content (AvgIpc) is 2.69. The molecule has 2 rings (SSSR count). The second-order valence-electron chi connectivity index (χ2n) is 4.86. The number of anilines is 1. The molecule has 1 atom stereocenters. The Morgan fingerprint density at radius 3 is 2.80 bits per heavy atom. The Morgan fingerprint density at radius 2 is 2.10 bits per heavy atom. The fourth-order valence-corrected chi connectivity index (χ4v) is 2.41. The molecule has 1 aromatic rings. The van der Waals surface area contributed by atoms with Crippen molar-refractivity contribution in [3.8, 4) is 0 Å². The van der Waals surface area contributed by atoms with E-state index in [1.165, 1.54) is 0 Å². The zero-order valence-electron chi connectivity index (χ0n) is 11.1. The van der Waals surface area contributed by atoms with E-state index in [-0.39, 0.29) is 25.0 Å². The van der Waals surface area contributed by atoms with Crippen molar-refractivity contribution in [3.63, 3.8) is 0 Å². The van der Waals surface area contributed by atoms with E-state index in [9.17, 15) is 18.0 Å². The lowest BCUT2D eigenvalue weighted by Crippen LogP contribution is -2.36. The molecule has 0 saturated carbocycles. The number of nitrogens with zero attached hydrogens (tertiary/aromatic N) is 1. The molecule has 0 N–H and O–H groups in total. The topological polar surface area (TPSA) is 29.5 Å². The summed E-state index contributed by atoms with van der Waals surface area (Å²) < 4.78 is 40.2. The standard InChI is InChI=1S/C14H16F3NO2/c1-10-8-11-4-2-3-5-12(11)18(10)13(19)6-7-20-9-14(15,16)17/h2-5,10H,6-9H2,1H3. The van der Waals surface area contributed by atoms with Crippen LogP contribution >= 0.6 is 0 Å². The molecule has 6 heteroatoms. The predicted molar refractivity (Wildman–Crippen MR) is 68.6 cm³/mol. The Balaban J connectivity index is 1.90. The molecule has 1 aliphatic rings. The van der Waals surface area contributed by atoms with Gasteiger partial charge in [-0.25, -0.2) is 0 Å². The van der Waals surface area contributed by atoms with Gasteiger partial charge in [0.05, 0.1) is 13.0 Å². The van der Waals surface area contributed by atoms with Crippen molar-refractivity contribution in [2.75, 3.05) is 18.1 Å². The molecule has 0 aromatic heterocycles. The van der Waals surface area contributed by atoms with Crippen molar-refractivity contribution < 1.29 is 22.7 Å². The molecule has 0 aliphatic carbocycles. The average molecular weight is 287 g/mol. The van der Waals surface area contributed by atoms with Crippen LogP contribution in [0.4, 0.5) is 18.9 Å². The summed E-state index contributed by atoms with van der Waals surface area (Å²) in [6.45, 7) is 0.393. The van der Waals surface area contributed by atoms with Crippen molar-refractivity contribution >= 4 is 11.6 Å². The van der Waals surface area contributed by atoms with Crippen LogP contribution in [0.15, 0.2) is 24.3 Å². The van der Waals surface area contributed by atoms with Crippen LogP contribution in [0.5, 0.6) is 0 Å². The minimum atomic E-state index is -4.35. The molecule has 0 fully saturated rings. The Kier molecular flexibility index (Phi) is 4.32. The van der Waals surface area contributed by atoms with Crippen LogP contribution in [0, 0.1) is 0 Å². The summed E-state index contributed by atoms with van der Waals surface area (Å²) in [6, 6.07) is 7.60. The number of rotatable bonds is 4. The molecular formula is C14H16F3NO2. The Bertz CT molecular complexity index is 488. The smallest absolute Gasteiger partial charge is 0.372 e. The summed E-state index contributed by atoms with van der Waals surface area (Å²) in [4.78, 5) is 13.8. The third-order valence-corrected chi connectivity index (χ3v) is 3.20. The minimum Gasteiger partial charge on any atom is -0.372 e. The lowest BCUT2D eigenvalue weighted by molar-refractivity contribution is -0.174. The number of amides is 1. The van der Waals surface area contributed by atoms with Crippen molar-refractivity contribution in [3.05, 3.63) is 29.8 Å². The molecule has 20 heavy (non-hydrogen) atoms. The lowest BCUT2D eigenvalue weighted by Gasteiger charge is -2.22.